The number of nitrogens with one attached hydrogen (secondary N) is 1. The van der Waals surface area contributed by atoms with Gasteiger partial charge in [0.25, 0.3) is 0 Å². The van der Waals surface area contributed by atoms with E-state index in [1.165, 1.54) is 28.1 Å². The number of rotatable bonds is 5. The molecule has 6 heterocycles. The lowest BCUT2D eigenvalue weighted by molar-refractivity contribution is 0.0518. The summed E-state index contributed by atoms with van der Waals surface area (Å²) >= 11 is 2.44. The number of hydrogen-bond acceptors (Lipinski definition) is 11. The van der Waals surface area contributed by atoms with E-state index in [-0.39, 0.29) is 50.4 Å². The number of thioether (sulfide) groups is 2. The number of carbonyl (C=O) groups is 2. The number of benzene rings is 2. The van der Waals surface area contributed by atoms with Crippen LogP contribution in [0.3, 0.4) is 0 Å². The Morgan fingerprint density at radius 3 is 1.71 bits per heavy atom. The van der Waals surface area contributed by atoms with E-state index in [0.29, 0.717) is 69.1 Å². The number of nitrogens with zero attached hydrogens (tertiary/aromatic N) is 5. The molecule has 2 aromatic heterocycles. The molecule has 0 aliphatic carbocycles. The number of esters is 1. The predicted octanol–water partition coefficient (Wildman–Crippen LogP) is 3.72. The fourth-order valence-corrected chi connectivity index (χ4v) is 8.60. The second-order valence-corrected chi connectivity index (χ2v) is 14.2. The van der Waals surface area contributed by atoms with Crippen LogP contribution in [0, 0.1) is 23.3 Å². The number of anilines is 2. The van der Waals surface area contributed by atoms with E-state index in [0.717, 1.165) is 12.1 Å². The summed E-state index contributed by atoms with van der Waals surface area (Å²) in [5.74, 6) is -4.61. The molecule has 0 radical (unpaired) electrons. The summed E-state index contributed by atoms with van der Waals surface area (Å²) in [6.45, 7) is 6.30. The van der Waals surface area contributed by atoms with Gasteiger partial charge in [0.05, 0.1) is 50.2 Å². The quantitative estimate of drug-likeness (QED) is 0.228. The average Bonchev–Trinajstić information content (AvgIpc) is 3.07. The highest BCUT2D eigenvalue weighted by molar-refractivity contribution is 7.99. The van der Waals surface area contributed by atoms with Crippen LogP contribution in [-0.2, 0) is 16.5 Å². The van der Waals surface area contributed by atoms with Crippen LogP contribution in [0.4, 0.5) is 28.9 Å². The third-order valence-corrected chi connectivity index (χ3v) is 11.5. The Hall–Kier alpha value is -4.26. The molecule has 18 heteroatoms. The first kappa shape index (κ1) is 35.2. The Balaban J connectivity index is 0.000000159. The van der Waals surface area contributed by atoms with Gasteiger partial charge in [0.2, 0.25) is 10.9 Å². The third-order valence-electron chi connectivity index (χ3n) is 9.34. The van der Waals surface area contributed by atoms with Crippen molar-refractivity contribution in [3.8, 4) is 0 Å². The van der Waals surface area contributed by atoms with E-state index in [1.54, 1.807) is 21.3 Å². The Bertz CT molecular complexity index is 2250. The Morgan fingerprint density at radius 2 is 1.25 bits per heavy atom. The van der Waals surface area contributed by atoms with Gasteiger partial charge in [0, 0.05) is 52.4 Å². The summed E-state index contributed by atoms with van der Waals surface area (Å²) in [4.78, 5) is 54.1. The summed E-state index contributed by atoms with van der Waals surface area (Å²) in [6.07, 6.45) is 0. The number of hydrogen-bond donors (Lipinski definition) is 2. The molecule has 4 aromatic rings. The first-order valence-corrected chi connectivity index (χ1v) is 18.1. The van der Waals surface area contributed by atoms with Crippen molar-refractivity contribution in [1.29, 1.82) is 0 Å². The molecule has 2 fully saturated rings. The van der Waals surface area contributed by atoms with Crippen LogP contribution in [0.5, 0.6) is 0 Å². The SMILES string of the molecule is CCOC(=O)c1c2n(c3c(F)c(N4CCNCC4)c(F)cc3c1=O)CS2.CN1CCN(c2c(F)cc3c(=O)c(C(=O)O)c4n(c3c2F)CS4)CC1. The van der Waals surface area contributed by atoms with Crippen LogP contribution >= 0.6 is 23.5 Å². The maximum absolute atomic E-state index is 15.3. The molecule has 0 atom stereocenters. The van der Waals surface area contributed by atoms with Gasteiger partial charge in [0.15, 0.2) is 11.6 Å². The monoisotopic (exact) mass is 748 g/mol. The standard InChI is InChI=1S/C17H17F2N3O3S.C16H15F2N3O3S/c1-2-25-17(24)11-15(23)9-7-10(18)14(21-5-3-20-4-6-21)12(19)13(9)22-8-26-16(11)22;1-19-2-4-20(5-3-19)13-9(17)6-8-12(11(13)18)21-7-25-15(21)10(14(8)22)16(23)24/h7,20H,2-6,8H2,1H3;6H,2-5,7H2,1H3,(H,23,24). The third kappa shape index (κ3) is 5.81. The van der Waals surface area contributed by atoms with Crippen LogP contribution in [0.25, 0.3) is 21.8 Å². The van der Waals surface area contributed by atoms with E-state index in [9.17, 15) is 33.1 Å². The van der Waals surface area contributed by atoms with Crippen molar-refractivity contribution >= 4 is 68.6 Å². The van der Waals surface area contributed by atoms with Crippen LogP contribution in [0.2, 0.25) is 0 Å². The Morgan fingerprint density at radius 1 is 0.784 bits per heavy atom. The van der Waals surface area contributed by atoms with Crippen molar-refractivity contribution in [2.45, 2.75) is 28.7 Å². The molecule has 0 spiro atoms. The fraction of sp³-hybridized carbons (Fsp3) is 0.394. The fourth-order valence-electron chi connectivity index (χ4n) is 6.74. The van der Waals surface area contributed by atoms with Crippen molar-refractivity contribution in [2.75, 3.05) is 75.8 Å². The summed E-state index contributed by atoms with van der Waals surface area (Å²) < 4.78 is 67.7. The predicted molar refractivity (Wildman–Crippen MR) is 186 cm³/mol. The number of aromatic carboxylic acids is 1. The number of pyridine rings is 2. The van der Waals surface area contributed by atoms with Crippen LogP contribution in [0.1, 0.15) is 27.6 Å². The minimum Gasteiger partial charge on any atom is -0.477 e. The van der Waals surface area contributed by atoms with Gasteiger partial charge in [-0.05, 0) is 26.1 Å². The zero-order chi connectivity index (χ0) is 36.3. The van der Waals surface area contributed by atoms with Crippen LogP contribution < -0.4 is 26.0 Å². The first-order chi connectivity index (χ1) is 24.4. The second-order valence-electron chi connectivity index (χ2n) is 12.3. The molecule has 0 unspecified atom stereocenters. The van der Waals surface area contributed by atoms with E-state index in [2.05, 4.69) is 10.2 Å². The van der Waals surface area contributed by atoms with Crippen molar-refractivity contribution in [3.05, 3.63) is 67.0 Å². The molecular formula is C33H32F4N6O6S2. The van der Waals surface area contributed by atoms with E-state index >= 15 is 8.78 Å². The van der Waals surface area contributed by atoms with Crippen molar-refractivity contribution in [2.24, 2.45) is 0 Å². The first-order valence-electron chi connectivity index (χ1n) is 16.2. The van der Waals surface area contributed by atoms with Crippen molar-refractivity contribution in [3.63, 3.8) is 0 Å². The number of fused-ring (bicyclic) bond motifs is 6. The van der Waals surface area contributed by atoms with Gasteiger partial charge in [-0.15, -0.1) is 0 Å². The van der Waals surface area contributed by atoms with Crippen LogP contribution in [-0.4, -0.2) is 97.1 Å². The lowest BCUT2D eigenvalue weighted by Gasteiger charge is -2.35. The molecule has 4 aliphatic rings. The van der Waals surface area contributed by atoms with Crippen LogP contribution in [0.15, 0.2) is 31.8 Å². The summed E-state index contributed by atoms with van der Waals surface area (Å²) in [5.41, 5.74) is -2.33. The summed E-state index contributed by atoms with van der Waals surface area (Å²) in [7, 11) is 1.94. The molecule has 2 aromatic carbocycles. The highest BCUT2D eigenvalue weighted by Gasteiger charge is 2.34. The molecule has 0 bridgehead atoms. The lowest BCUT2D eigenvalue weighted by atomic mass is 10.1. The van der Waals surface area contributed by atoms with Crippen molar-refractivity contribution < 1.29 is 37.0 Å². The van der Waals surface area contributed by atoms with Crippen molar-refractivity contribution in [1.82, 2.24) is 19.4 Å². The number of carboxylic acids is 1. The van der Waals surface area contributed by atoms with Gasteiger partial charge >= 0.3 is 11.9 Å². The molecule has 2 N–H and O–H groups in total. The Kier molecular flexibility index (Phi) is 9.45. The zero-order valence-electron chi connectivity index (χ0n) is 27.5. The number of halogens is 4. The van der Waals surface area contributed by atoms with Gasteiger partial charge in [-0.25, -0.2) is 27.2 Å². The number of carbonyl (C=O) groups excluding carboxylic acids is 1. The second kappa shape index (κ2) is 13.7. The molecule has 0 saturated carbocycles. The molecule has 8 rings (SSSR count). The van der Waals surface area contributed by atoms with E-state index < -0.39 is 51.6 Å². The Labute approximate surface area is 295 Å². The molecule has 2 saturated heterocycles. The lowest BCUT2D eigenvalue weighted by Crippen LogP contribution is -2.45. The number of likely N-dealkylation sites (N-methyl/N-ethyl adjacent to an activating group) is 1. The molecule has 0 amide bonds. The highest BCUT2D eigenvalue weighted by atomic mass is 32.2. The van der Waals surface area contributed by atoms with Gasteiger partial charge in [-0.3, -0.25) is 9.59 Å². The normalized spacial score (nSPS) is 16.9. The molecule has 51 heavy (non-hydrogen) atoms. The maximum Gasteiger partial charge on any atom is 0.344 e. The summed E-state index contributed by atoms with van der Waals surface area (Å²) in [6, 6.07) is 2.01. The van der Waals surface area contributed by atoms with Gasteiger partial charge in [0.1, 0.15) is 34.1 Å². The number of ether oxygens (including phenoxy) is 1. The smallest absolute Gasteiger partial charge is 0.344 e. The average molecular weight is 749 g/mol. The molecular weight excluding hydrogens is 717 g/mol. The molecule has 4 aliphatic heterocycles. The highest BCUT2D eigenvalue weighted by Crippen LogP contribution is 2.41. The number of piperazine rings is 2. The summed E-state index contributed by atoms with van der Waals surface area (Å²) in [5, 5.41) is 12.6. The van der Waals surface area contributed by atoms with E-state index in [4.69, 9.17) is 4.74 Å². The van der Waals surface area contributed by atoms with Gasteiger partial charge in [-0.2, -0.15) is 0 Å². The maximum atomic E-state index is 15.3. The minimum atomic E-state index is -1.38. The molecule has 270 valence electrons. The number of carboxylic acid groups (broad SMARTS) is 1. The number of aromatic nitrogens is 2. The largest absolute Gasteiger partial charge is 0.477 e. The van der Waals surface area contributed by atoms with Gasteiger partial charge in [-0.1, -0.05) is 23.5 Å². The minimum absolute atomic E-state index is 0.0147. The topological polar surface area (TPSA) is 129 Å². The van der Waals surface area contributed by atoms with Gasteiger partial charge < -0.3 is 39.0 Å². The van der Waals surface area contributed by atoms with E-state index in [1.807, 2.05) is 7.05 Å². The molecule has 12 nitrogen and oxygen atoms in total. The zero-order valence-corrected chi connectivity index (χ0v) is 29.1.